The number of ketones is 1. The highest BCUT2D eigenvalue weighted by Crippen LogP contribution is 2.33. The number of hydrogen-bond donors (Lipinski definition) is 1. The summed E-state index contributed by atoms with van der Waals surface area (Å²) in [4.78, 5) is 35.0. The summed E-state index contributed by atoms with van der Waals surface area (Å²) < 4.78 is 5.62. The lowest BCUT2D eigenvalue weighted by atomic mass is 9.98. The summed E-state index contributed by atoms with van der Waals surface area (Å²) in [6.45, 7) is 2.31. The Hall–Kier alpha value is -3.22. The van der Waals surface area contributed by atoms with Crippen LogP contribution >= 0.6 is 0 Å². The van der Waals surface area contributed by atoms with E-state index in [0.717, 1.165) is 25.3 Å². The average Bonchev–Trinajstić information content (AvgIpc) is 2.67. The highest BCUT2D eigenvalue weighted by molar-refractivity contribution is 6.14. The Morgan fingerprint density at radius 1 is 1.07 bits per heavy atom. The molecule has 7 heteroatoms. The van der Waals surface area contributed by atoms with Crippen molar-refractivity contribution >= 4 is 17.4 Å². The quantitative estimate of drug-likeness (QED) is 0.285. The van der Waals surface area contributed by atoms with Crippen molar-refractivity contribution in [1.29, 1.82) is 0 Å². The van der Waals surface area contributed by atoms with E-state index in [9.17, 15) is 24.8 Å². The number of hydrogen-bond acceptors (Lipinski definition) is 5. The van der Waals surface area contributed by atoms with Gasteiger partial charge in [-0.2, -0.15) is 0 Å². The standard InChI is InChI=1S/C20H21NO6/c1-2-3-4-8-11-27-17-13-15(20(23)24)12-16(21(25)26)18(17)19(22)14-9-6-5-7-10-14/h5-7,9-10,12-13H,2-4,8,11H2,1H3,(H,23,24). The number of carboxylic acids is 1. The van der Waals surface area contributed by atoms with Gasteiger partial charge < -0.3 is 9.84 Å². The summed E-state index contributed by atoms with van der Waals surface area (Å²) in [5, 5.41) is 20.7. The van der Waals surface area contributed by atoms with Gasteiger partial charge in [0, 0.05) is 11.6 Å². The molecular formula is C20H21NO6. The van der Waals surface area contributed by atoms with E-state index in [1.165, 1.54) is 6.07 Å². The fourth-order valence-electron chi connectivity index (χ4n) is 2.66. The van der Waals surface area contributed by atoms with Gasteiger partial charge in [-0.1, -0.05) is 56.5 Å². The van der Waals surface area contributed by atoms with Crippen molar-refractivity contribution in [2.75, 3.05) is 6.61 Å². The molecule has 0 bridgehead atoms. The van der Waals surface area contributed by atoms with Crippen LogP contribution in [0.5, 0.6) is 5.75 Å². The average molecular weight is 371 g/mol. The Kier molecular flexibility index (Phi) is 7.05. The number of benzene rings is 2. The number of carboxylic acid groups (broad SMARTS) is 1. The highest BCUT2D eigenvalue weighted by Gasteiger charge is 2.29. The van der Waals surface area contributed by atoms with Crippen LogP contribution < -0.4 is 4.74 Å². The molecule has 0 aromatic heterocycles. The number of ether oxygens (including phenoxy) is 1. The summed E-state index contributed by atoms with van der Waals surface area (Å²) in [5.41, 5.74) is -0.839. The molecule has 2 aromatic carbocycles. The third-order valence-electron chi connectivity index (χ3n) is 4.04. The van der Waals surface area contributed by atoms with Gasteiger partial charge >= 0.3 is 5.97 Å². The van der Waals surface area contributed by atoms with Gasteiger partial charge in [0.2, 0.25) is 5.78 Å². The van der Waals surface area contributed by atoms with Crippen molar-refractivity contribution in [3.8, 4) is 5.75 Å². The van der Waals surface area contributed by atoms with Crippen LogP contribution in [0.25, 0.3) is 0 Å². The van der Waals surface area contributed by atoms with Crippen molar-refractivity contribution in [3.63, 3.8) is 0 Å². The lowest BCUT2D eigenvalue weighted by Crippen LogP contribution is -2.12. The SMILES string of the molecule is CCCCCCOc1cc(C(=O)O)cc([N+](=O)[O-])c1C(=O)c1ccccc1. The monoisotopic (exact) mass is 371 g/mol. The molecule has 0 unspecified atom stereocenters. The van der Waals surface area contributed by atoms with Crippen LogP contribution in [0.15, 0.2) is 42.5 Å². The first kappa shape index (κ1) is 20.1. The molecule has 0 amide bonds. The maximum Gasteiger partial charge on any atom is 0.336 e. The molecular weight excluding hydrogens is 350 g/mol. The van der Waals surface area contributed by atoms with Crippen molar-refractivity contribution < 1.29 is 24.4 Å². The summed E-state index contributed by atoms with van der Waals surface area (Å²) >= 11 is 0. The van der Waals surface area contributed by atoms with Crippen LogP contribution in [-0.2, 0) is 0 Å². The second-order valence-corrected chi connectivity index (χ2v) is 6.04. The maximum atomic E-state index is 12.9. The van der Waals surface area contributed by atoms with Crippen LogP contribution in [0.4, 0.5) is 5.69 Å². The number of carbonyl (C=O) groups is 2. The molecule has 27 heavy (non-hydrogen) atoms. The largest absolute Gasteiger partial charge is 0.493 e. The molecule has 0 heterocycles. The maximum absolute atomic E-state index is 12.9. The predicted octanol–water partition coefficient (Wildman–Crippen LogP) is 4.48. The van der Waals surface area contributed by atoms with Crippen molar-refractivity contribution in [2.45, 2.75) is 32.6 Å². The number of nitro groups is 1. The van der Waals surface area contributed by atoms with Gasteiger partial charge in [0.25, 0.3) is 5.69 Å². The molecule has 0 saturated heterocycles. The molecule has 2 rings (SSSR count). The lowest BCUT2D eigenvalue weighted by Gasteiger charge is -2.12. The van der Waals surface area contributed by atoms with Gasteiger partial charge in [-0.3, -0.25) is 14.9 Å². The number of carbonyl (C=O) groups excluding carboxylic acids is 1. The van der Waals surface area contributed by atoms with Crippen LogP contribution in [0.2, 0.25) is 0 Å². The van der Waals surface area contributed by atoms with Crippen molar-refractivity contribution in [2.24, 2.45) is 0 Å². The van der Waals surface area contributed by atoms with Crippen molar-refractivity contribution in [1.82, 2.24) is 0 Å². The van der Waals surface area contributed by atoms with Crippen LogP contribution in [0.1, 0.15) is 58.9 Å². The molecule has 142 valence electrons. The van der Waals surface area contributed by atoms with E-state index in [1.54, 1.807) is 30.3 Å². The molecule has 0 aliphatic heterocycles. The first-order valence-electron chi connectivity index (χ1n) is 8.74. The second-order valence-electron chi connectivity index (χ2n) is 6.04. The lowest BCUT2D eigenvalue weighted by molar-refractivity contribution is -0.385. The molecule has 0 saturated carbocycles. The van der Waals surface area contributed by atoms with E-state index in [-0.39, 0.29) is 29.0 Å². The molecule has 0 radical (unpaired) electrons. The van der Waals surface area contributed by atoms with E-state index >= 15 is 0 Å². The van der Waals surface area contributed by atoms with Gasteiger partial charge in [0.1, 0.15) is 11.3 Å². The van der Waals surface area contributed by atoms with Crippen LogP contribution in [-0.4, -0.2) is 28.4 Å². The molecule has 2 aromatic rings. The molecule has 0 spiro atoms. The molecule has 0 atom stereocenters. The van der Waals surface area contributed by atoms with Gasteiger partial charge in [0.15, 0.2) is 0 Å². The topological polar surface area (TPSA) is 107 Å². The fourth-order valence-corrected chi connectivity index (χ4v) is 2.66. The zero-order chi connectivity index (χ0) is 19.8. The zero-order valence-corrected chi connectivity index (χ0v) is 15.0. The third kappa shape index (κ3) is 5.13. The summed E-state index contributed by atoms with van der Waals surface area (Å²) in [7, 11) is 0. The van der Waals surface area contributed by atoms with E-state index in [2.05, 4.69) is 6.92 Å². The number of nitro benzene ring substituents is 1. The Morgan fingerprint density at radius 3 is 2.37 bits per heavy atom. The van der Waals surface area contributed by atoms with E-state index in [4.69, 9.17) is 4.74 Å². The third-order valence-corrected chi connectivity index (χ3v) is 4.04. The molecule has 0 aliphatic rings. The predicted molar refractivity (Wildman–Crippen MR) is 99.6 cm³/mol. The molecule has 1 N–H and O–H groups in total. The Labute approximate surface area is 156 Å². The molecule has 0 aliphatic carbocycles. The normalized spacial score (nSPS) is 10.4. The minimum absolute atomic E-state index is 0.0769. The minimum Gasteiger partial charge on any atom is -0.493 e. The second kappa shape index (κ2) is 9.47. The molecule has 7 nitrogen and oxygen atoms in total. The Morgan fingerprint density at radius 2 is 1.78 bits per heavy atom. The van der Waals surface area contributed by atoms with Gasteiger partial charge in [-0.25, -0.2) is 4.79 Å². The number of rotatable bonds is 10. The highest BCUT2D eigenvalue weighted by atomic mass is 16.6. The van der Waals surface area contributed by atoms with Gasteiger partial charge in [-0.05, 0) is 12.5 Å². The van der Waals surface area contributed by atoms with Gasteiger partial charge in [0.05, 0.1) is 17.1 Å². The summed E-state index contributed by atoms with van der Waals surface area (Å²) in [6, 6.07) is 10.2. The fraction of sp³-hybridized carbons (Fsp3) is 0.300. The number of nitrogens with zero attached hydrogens (tertiary/aromatic N) is 1. The minimum atomic E-state index is -1.33. The summed E-state index contributed by atoms with van der Waals surface area (Å²) in [5.74, 6) is -1.98. The van der Waals surface area contributed by atoms with E-state index in [0.29, 0.717) is 6.42 Å². The van der Waals surface area contributed by atoms with E-state index < -0.39 is 22.4 Å². The van der Waals surface area contributed by atoms with Crippen LogP contribution in [0, 0.1) is 10.1 Å². The first-order valence-corrected chi connectivity index (χ1v) is 8.74. The van der Waals surface area contributed by atoms with E-state index in [1.807, 2.05) is 0 Å². The number of aromatic carboxylic acids is 1. The van der Waals surface area contributed by atoms with Crippen LogP contribution in [0.3, 0.4) is 0 Å². The summed E-state index contributed by atoms with van der Waals surface area (Å²) in [6.07, 6.45) is 3.68. The molecule has 0 fully saturated rings. The Bertz CT molecular complexity index is 832. The van der Waals surface area contributed by atoms with Crippen molar-refractivity contribution in [3.05, 3.63) is 69.3 Å². The Balaban J connectivity index is 2.48. The zero-order valence-electron chi connectivity index (χ0n) is 15.0. The number of unbranched alkanes of at least 4 members (excludes halogenated alkanes) is 3. The first-order chi connectivity index (χ1) is 13.0. The smallest absolute Gasteiger partial charge is 0.336 e. The van der Waals surface area contributed by atoms with Gasteiger partial charge in [-0.15, -0.1) is 0 Å².